The smallest absolute Gasteiger partial charge is 0.166 e. The van der Waals surface area contributed by atoms with Crippen molar-refractivity contribution in [1.29, 1.82) is 0 Å². The lowest BCUT2D eigenvalue weighted by Gasteiger charge is -2.19. The van der Waals surface area contributed by atoms with Crippen molar-refractivity contribution in [2.75, 3.05) is 6.61 Å². The van der Waals surface area contributed by atoms with E-state index < -0.39 is 6.10 Å². The average Bonchev–Trinajstić information content (AvgIpc) is 2.29. The molecular weight excluding hydrogens is 299 g/mol. The molecule has 0 radical (unpaired) electrons. The largest absolute Gasteiger partial charge is 0.370 e. The van der Waals surface area contributed by atoms with Gasteiger partial charge in [-0.25, -0.2) is 4.39 Å². The average molecular weight is 317 g/mol. The first-order chi connectivity index (χ1) is 8.45. The van der Waals surface area contributed by atoms with Gasteiger partial charge < -0.3 is 4.74 Å². The summed E-state index contributed by atoms with van der Waals surface area (Å²) < 4.78 is 19.7. The van der Waals surface area contributed by atoms with E-state index in [-0.39, 0.29) is 23.9 Å². The van der Waals surface area contributed by atoms with Crippen LogP contribution < -0.4 is 0 Å². The van der Waals surface area contributed by atoms with Crippen LogP contribution in [0, 0.1) is 11.7 Å². The van der Waals surface area contributed by atoms with E-state index in [0.717, 1.165) is 0 Å². The molecule has 18 heavy (non-hydrogen) atoms. The molecule has 100 valence electrons. The number of carbonyl (C=O) groups is 1. The van der Waals surface area contributed by atoms with Crippen LogP contribution in [0.2, 0.25) is 0 Å². The Labute approximate surface area is 116 Å². The maximum absolute atomic E-state index is 13.6. The molecule has 0 amide bonds. The fourth-order valence-corrected chi connectivity index (χ4v) is 2.12. The van der Waals surface area contributed by atoms with Gasteiger partial charge in [-0.15, -0.1) is 0 Å². The Bertz CT molecular complexity index is 418. The van der Waals surface area contributed by atoms with Gasteiger partial charge in [-0.3, -0.25) is 4.79 Å². The molecule has 2 nitrogen and oxygen atoms in total. The van der Waals surface area contributed by atoms with E-state index in [9.17, 15) is 9.18 Å². The number of Topliss-reactive ketones (excluding diaryl/α,β-unsaturated/α-hetero) is 1. The lowest BCUT2D eigenvalue weighted by molar-refractivity contribution is -0.132. The number of hydrogen-bond donors (Lipinski definition) is 0. The highest BCUT2D eigenvalue weighted by Crippen LogP contribution is 2.18. The molecule has 1 rings (SSSR count). The van der Waals surface area contributed by atoms with E-state index in [4.69, 9.17) is 4.74 Å². The molecule has 0 aromatic heterocycles. The highest BCUT2D eigenvalue weighted by molar-refractivity contribution is 9.10. The molecule has 4 heteroatoms. The van der Waals surface area contributed by atoms with Crippen LogP contribution in [0.25, 0.3) is 0 Å². The van der Waals surface area contributed by atoms with Gasteiger partial charge in [0.15, 0.2) is 5.78 Å². The molecule has 1 atom stereocenters. The number of ketones is 1. The van der Waals surface area contributed by atoms with E-state index in [1.165, 1.54) is 6.07 Å². The lowest BCUT2D eigenvalue weighted by Crippen LogP contribution is -2.31. The molecule has 1 unspecified atom stereocenters. The fraction of sp³-hybridized carbons (Fsp3) is 0.500. The summed E-state index contributed by atoms with van der Waals surface area (Å²) in [5, 5.41) is 0. The minimum atomic E-state index is -0.460. The molecule has 0 spiro atoms. The quantitative estimate of drug-likeness (QED) is 0.798. The number of hydrogen-bond acceptors (Lipinski definition) is 2. The first-order valence-electron chi connectivity index (χ1n) is 6.04. The Morgan fingerprint density at radius 1 is 1.44 bits per heavy atom. The summed E-state index contributed by atoms with van der Waals surface area (Å²) in [7, 11) is 0. The molecule has 0 bridgehead atoms. The molecule has 0 N–H and O–H groups in total. The van der Waals surface area contributed by atoms with Crippen molar-refractivity contribution >= 4 is 21.7 Å². The minimum Gasteiger partial charge on any atom is -0.370 e. The van der Waals surface area contributed by atoms with Crippen LogP contribution in [0.1, 0.15) is 26.3 Å². The van der Waals surface area contributed by atoms with E-state index in [1.807, 2.05) is 20.8 Å². The van der Waals surface area contributed by atoms with Crippen LogP contribution in [-0.4, -0.2) is 18.5 Å². The van der Waals surface area contributed by atoms with Crippen molar-refractivity contribution in [1.82, 2.24) is 0 Å². The number of benzene rings is 1. The van der Waals surface area contributed by atoms with Crippen LogP contribution in [-0.2, 0) is 16.0 Å². The van der Waals surface area contributed by atoms with Crippen LogP contribution >= 0.6 is 15.9 Å². The Kier molecular flexibility index (Phi) is 5.96. The summed E-state index contributed by atoms with van der Waals surface area (Å²) >= 11 is 3.19. The maximum atomic E-state index is 13.6. The summed E-state index contributed by atoms with van der Waals surface area (Å²) in [6.07, 6.45) is -0.389. The molecule has 0 saturated heterocycles. The summed E-state index contributed by atoms with van der Waals surface area (Å²) in [4.78, 5) is 12.1. The van der Waals surface area contributed by atoms with Gasteiger partial charge >= 0.3 is 0 Å². The predicted octanol–water partition coefficient (Wildman–Crippen LogP) is 3.76. The zero-order chi connectivity index (χ0) is 13.7. The molecule has 0 aliphatic rings. The fourth-order valence-electron chi connectivity index (χ4n) is 1.79. The Hall–Kier alpha value is -0.740. The molecule has 0 aliphatic carbocycles. The Morgan fingerprint density at radius 2 is 2.11 bits per heavy atom. The maximum Gasteiger partial charge on any atom is 0.166 e. The summed E-state index contributed by atoms with van der Waals surface area (Å²) in [6, 6.07) is 4.73. The van der Waals surface area contributed by atoms with Crippen molar-refractivity contribution in [2.24, 2.45) is 5.92 Å². The Balaban J connectivity index is 2.79. The third-order valence-corrected chi connectivity index (χ3v) is 3.14. The molecule has 0 aliphatic heterocycles. The van der Waals surface area contributed by atoms with Gasteiger partial charge in [0.1, 0.15) is 11.9 Å². The second-order valence-corrected chi connectivity index (χ2v) is 5.41. The van der Waals surface area contributed by atoms with E-state index >= 15 is 0 Å². The topological polar surface area (TPSA) is 26.3 Å². The Morgan fingerprint density at radius 3 is 2.61 bits per heavy atom. The van der Waals surface area contributed by atoms with Gasteiger partial charge in [-0.05, 0) is 30.5 Å². The molecule has 0 saturated carbocycles. The summed E-state index contributed by atoms with van der Waals surface area (Å²) in [5.74, 6) is -0.347. The van der Waals surface area contributed by atoms with Gasteiger partial charge in [-0.1, -0.05) is 35.8 Å². The van der Waals surface area contributed by atoms with Crippen LogP contribution in [0.4, 0.5) is 4.39 Å². The van der Waals surface area contributed by atoms with Crippen molar-refractivity contribution < 1.29 is 13.9 Å². The first-order valence-corrected chi connectivity index (χ1v) is 6.83. The van der Waals surface area contributed by atoms with Gasteiger partial charge in [0.05, 0.1) is 0 Å². The van der Waals surface area contributed by atoms with Gasteiger partial charge in [-0.2, -0.15) is 0 Å². The monoisotopic (exact) mass is 316 g/mol. The van der Waals surface area contributed by atoms with Crippen LogP contribution in [0.5, 0.6) is 0 Å². The first kappa shape index (κ1) is 15.3. The molecule has 0 heterocycles. The molecule has 0 fully saturated rings. The van der Waals surface area contributed by atoms with Crippen molar-refractivity contribution in [3.05, 3.63) is 34.1 Å². The number of carbonyl (C=O) groups excluding carboxylic acids is 1. The summed E-state index contributed by atoms with van der Waals surface area (Å²) in [5.41, 5.74) is 0.411. The van der Waals surface area contributed by atoms with Gasteiger partial charge in [0.2, 0.25) is 0 Å². The second kappa shape index (κ2) is 7.00. The van der Waals surface area contributed by atoms with E-state index in [1.54, 1.807) is 12.1 Å². The van der Waals surface area contributed by atoms with E-state index in [0.29, 0.717) is 16.6 Å². The predicted molar refractivity (Wildman–Crippen MR) is 73.1 cm³/mol. The SMILES string of the molecule is CCOC(C(=O)Cc1ccc(Br)cc1F)C(C)C. The van der Waals surface area contributed by atoms with Crippen molar-refractivity contribution in [3.8, 4) is 0 Å². The third kappa shape index (κ3) is 4.18. The molecule has 1 aromatic rings. The standard InChI is InChI=1S/C14H18BrFO2/c1-4-18-14(9(2)3)13(17)7-10-5-6-11(15)8-12(10)16/h5-6,8-9,14H,4,7H2,1-3H3. The molecular formula is C14H18BrFO2. The number of rotatable bonds is 6. The lowest BCUT2D eigenvalue weighted by atomic mass is 9.97. The van der Waals surface area contributed by atoms with Crippen molar-refractivity contribution in [2.45, 2.75) is 33.3 Å². The highest BCUT2D eigenvalue weighted by Gasteiger charge is 2.23. The number of ether oxygens (including phenoxy) is 1. The zero-order valence-corrected chi connectivity index (χ0v) is 12.5. The highest BCUT2D eigenvalue weighted by atomic mass is 79.9. The van der Waals surface area contributed by atoms with Gasteiger partial charge in [0, 0.05) is 17.5 Å². The zero-order valence-electron chi connectivity index (χ0n) is 10.9. The van der Waals surface area contributed by atoms with Crippen LogP contribution in [0.3, 0.4) is 0 Å². The molecule has 1 aromatic carbocycles. The second-order valence-electron chi connectivity index (χ2n) is 4.50. The van der Waals surface area contributed by atoms with Crippen LogP contribution in [0.15, 0.2) is 22.7 Å². The van der Waals surface area contributed by atoms with Gasteiger partial charge in [0.25, 0.3) is 0 Å². The number of halogens is 2. The van der Waals surface area contributed by atoms with E-state index in [2.05, 4.69) is 15.9 Å². The normalized spacial score (nSPS) is 12.8. The third-order valence-electron chi connectivity index (χ3n) is 2.65. The minimum absolute atomic E-state index is 0.0714. The van der Waals surface area contributed by atoms with Crippen molar-refractivity contribution in [3.63, 3.8) is 0 Å². The summed E-state index contributed by atoms with van der Waals surface area (Å²) in [6.45, 7) is 6.19.